The van der Waals surface area contributed by atoms with E-state index in [1.807, 2.05) is 0 Å². The molecule has 3 fully saturated rings. The Morgan fingerprint density at radius 2 is 1.38 bits per heavy atom. The monoisotopic (exact) mass is 845 g/mol. The fourth-order valence-electron chi connectivity index (χ4n) is 5.76. The number of nitrogen functional groups attached to an aromatic ring is 1. The number of phosphoric ester groups is 2. The van der Waals surface area contributed by atoms with Gasteiger partial charge in [-0.05, 0) is 6.42 Å². The number of rotatable bonds is 12. The summed E-state index contributed by atoms with van der Waals surface area (Å²) in [6.45, 7) is -2.31. The van der Waals surface area contributed by atoms with Crippen molar-refractivity contribution in [1.82, 2.24) is 24.4 Å². The highest BCUT2D eigenvalue weighted by Gasteiger charge is 2.49. The molecule has 15 N–H and O–H groups in total. The lowest BCUT2D eigenvalue weighted by Gasteiger charge is -2.37. The van der Waals surface area contributed by atoms with E-state index in [1.165, 1.54) is 28.2 Å². The fraction of sp³-hybridized carbons (Fsp3) is 0.630. The molecule has 2 aromatic heterocycles. The van der Waals surface area contributed by atoms with Gasteiger partial charge in [0.15, 0.2) is 30.2 Å². The zero-order valence-electron chi connectivity index (χ0n) is 28.6. The first kappa shape index (κ1) is 44.0. The van der Waals surface area contributed by atoms with E-state index in [0.717, 1.165) is 6.33 Å². The molecule has 1 amide bonds. The van der Waals surface area contributed by atoms with Gasteiger partial charge in [0.05, 0.1) is 26.1 Å². The molecule has 4 aliphatic heterocycles. The number of anilines is 1. The lowest BCUT2D eigenvalue weighted by atomic mass is 10.00. The zero-order chi connectivity index (χ0) is 41.3. The molecule has 314 valence electrons. The van der Waals surface area contributed by atoms with Gasteiger partial charge in [-0.1, -0.05) is 6.08 Å². The number of aliphatic hydroxyl groups excluding tert-OH is 9. The summed E-state index contributed by atoms with van der Waals surface area (Å²) >= 11 is 0. The molecule has 6 heterocycles. The van der Waals surface area contributed by atoms with Crippen molar-refractivity contribution < 1.29 is 97.2 Å². The number of allylic oxidation sites excluding steroid dienone is 1. The molecule has 6 unspecified atom stereocenters. The molecule has 0 spiro atoms. The molecule has 0 aliphatic carbocycles. The molecule has 15 atom stereocenters. The molecule has 0 bridgehead atoms. The van der Waals surface area contributed by atoms with Crippen LogP contribution in [0.2, 0.25) is 0 Å². The Hall–Kier alpha value is -3.12. The highest BCUT2D eigenvalue weighted by molar-refractivity contribution is 7.61. The number of phosphoric acid groups is 2. The summed E-state index contributed by atoms with van der Waals surface area (Å²) < 4.78 is 55.4. The first-order valence-corrected chi connectivity index (χ1v) is 19.3. The van der Waals surface area contributed by atoms with Gasteiger partial charge in [-0.3, -0.25) is 18.4 Å². The van der Waals surface area contributed by atoms with Gasteiger partial charge in [-0.2, -0.15) is 4.31 Å². The van der Waals surface area contributed by atoms with E-state index in [4.69, 9.17) is 55.5 Å². The van der Waals surface area contributed by atoms with Crippen molar-refractivity contribution in [2.75, 3.05) is 25.6 Å². The van der Waals surface area contributed by atoms with Crippen LogP contribution in [0.4, 0.5) is 5.82 Å². The number of carbonyl (C=O) groups is 1. The number of ether oxygens (including phenoxy) is 3. The summed E-state index contributed by atoms with van der Waals surface area (Å²) in [6, 6.07) is 0. The Labute approximate surface area is 314 Å². The van der Waals surface area contributed by atoms with E-state index in [9.17, 15) is 44.1 Å². The van der Waals surface area contributed by atoms with E-state index in [0.29, 0.717) is 0 Å². The number of aromatic nitrogens is 4. The molecule has 56 heavy (non-hydrogen) atoms. The summed E-state index contributed by atoms with van der Waals surface area (Å²) in [5.41, 5.74) is 11.6. The summed E-state index contributed by atoms with van der Waals surface area (Å²) in [7, 11) is -10.7. The van der Waals surface area contributed by atoms with Crippen LogP contribution in [0.1, 0.15) is 12.6 Å². The Morgan fingerprint density at radius 1 is 0.804 bits per heavy atom. The largest absolute Gasteiger partial charge is 0.481 e. The summed E-state index contributed by atoms with van der Waals surface area (Å²) in [4.78, 5) is 44.6. The van der Waals surface area contributed by atoms with Crippen molar-refractivity contribution in [3.8, 4) is 0 Å². The van der Waals surface area contributed by atoms with Gasteiger partial charge >= 0.3 is 15.6 Å². The number of amides is 1. The van der Waals surface area contributed by atoms with E-state index in [2.05, 4.69) is 24.0 Å². The number of carbonyl (C=O) groups excluding carboxylic acids is 1. The van der Waals surface area contributed by atoms with Gasteiger partial charge in [0.1, 0.15) is 72.9 Å². The van der Waals surface area contributed by atoms with Crippen LogP contribution >= 0.6 is 15.6 Å². The first-order valence-electron chi connectivity index (χ1n) is 16.3. The molecule has 2 aromatic rings. The molecule has 29 heteroatoms. The minimum absolute atomic E-state index is 0.0517. The van der Waals surface area contributed by atoms with Crippen molar-refractivity contribution in [2.24, 2.45) is 5.73 Å². The predicted molar refractivity (Wildman–Crippen MR) is 178 cm³/mol. The molecule has 3 saturated heterocycles. The normalized spacial score (nSPS) is 36.7. The van der Waals surface area contributed by atoms with Gasteiger partial charge in [0.2, 0.25) is 5.91 Å². The smallest absolute Gasteiger partial charge is 0.394 e. The number of imidazole rings is 1. The average Bonchev–Trinajstić information content (AvgIpc) is 3.80. The van der Waals surface area contributed by atoms with E-state index in [-0.39, 0.29) is 29.0 Å². The number of nitrogens with zero attached hydrogens (tertiary/aromatic N) is 5. The van der Waals surface area contributed by atoms with Crippen LogP contribution < -0.4 is 11.5 Å². The standard InChI is InChI=1S/C21H29N7O14P2.C6H12O6/c22-17-12-19(25-7-24-17)28(8-26-12)21-16(32)14(30)11(41-21)6-39-44(36,37)42-43(34,35)38-5-10-13(29)15(31)20(40-10)27-3-1-2-9(4-27)18(23)33;7-1-2-3(8)4(9)5(10)6(11)12-2/h1,3-4,7-8,10-11,13-16,20-21,29-32H,2,5-6H2,(H2,23,33)(H,34,35)(H,36,37)(H2,22,24,25);2-11H,1H2/t10-,11-,13?,14-,15?,16-,20?,21-;2-,3-,4+,5-,6?/m11/s1. The van der Waals surface area contributed by atoms with Gasteiger partial charge < -0.3 is 86.3 Å². The zero-order valence-corrected chi connectivity index (χ0v) is 30.4. The van der Waals surface area contributed by atoms with Crippen molar-refractivity contribution >= 4 is 38.5 Å². The third-order valence-electron chi connectivity index (χ3n) is 8.74. The SMILES string of the molecule is NC(=O)C1=CN(C2O[C@H](COP(=O)(O)OP(=O)(O)OC[C@H]3O[C@@H](n4cnc5c(N)ncnc54)[C@H](O)[C@@H]3O)C(O)C2O)C=CC1.OC[C@H]1OC(O)[C@H](O)[C@@H](O)[C@@H]1O. The van der Waals surface area contributed by atoms with Crippen LogP contribution in [0.5, 0.6) is 0 Å². The Bertz CT molecular complexity index is 1850. The molecular weight excluding hydrogens is 804 g/mol. The average molecular weight is 846 g/mol. The van der Waals surface area contributed by atoms with Crippen LogP contribution in [-0.2, 0) is 41.5 Å². The van der Waals surface area contributed by atoms with E-state index < -0.39 is 121 Å². The molecule has 0 saturated carbocycles. The fourth-order valence-corrected chi connectivity index (χ4v) is 7.85. The second kappa shape index (κ2) is 17.8. The van der Waals surface area contributed by atoms with Crippen molar-refractivity contribution in [3.05, 3.63) is 36.7 Å². The van der Waals surface area contributed by atoms with Crippen LogP contribution in [0.3, 0.4) is 0 Å². The predicted octanol–water partition coefficient (Wildman–Crippen LogP) is -5.91. The van der Waals surface area contributed by atoms with E-state index >= 15 is 0 Å². The van der Waals surface area contributed by atoms with Gasteiger partial charge in [0.25, 0.3) is 0 Å². The van der Waals surface area contributed by atoms with Crippen molar-refractivity contribution in [1.29, 1.82) is 0 Å². The molecule has 6 rings (SSSR count). The van der Waals surface area contributed by atoms with Crippen LogP contribution in [-0.4, -0.2) is 179 Å². The van der Waals surface area contributed by atoms with Crippen LogP contribution in [0.25, 0.3) is 11.2 Å². The number of hydrogen-bond donors (Lipinski definition) is 13. The summed E-state index contributed by atoms with van der Waals surface area (Å²) in [5, 5.41) is 86.3. The van der Waals surface area contributed by atoms with Gasteiger partial charge in [0, 0.05) is 18.0 Å². The quantitative estimate of drug-likeness (QED) is 0.0885. The molecule has 0 radical (unpaired) electrons. The number of nitrogens with two attached hydrogens (primary N) is 2. The van der Waals surface area contributed by atoms with E-state index in [1.54, 1.807) is 6.08 Å². The molecule has 0 aromatic carbocycles. The molecule has 4 aliphatic rings. The van der Waals surface area contributed by atoms with Crippen molar-refractivity contribution in [2.45, 2.75) is 86.2 Å². The van der Waals surface area contributed by atoms with Gasteiger partial charge in [-0.15, -0.1) is 0 Å². The minimum Gasteiger partial charge on any atom is -0.394 e. The van der Waals surface area contributed by atoms with Gasteiger partial charge in [-0.25, -0.2) is 24.1 Å². The molecular formula is C27H41N7O20P2. The van der Waals surface area contributed by atoms with Crippen LogP contribution in [0, 0.1) is 0 Å². The Morgan fingerprint density at radius 3 is 1.96 bits per heavy atom. The third-order valence-corrected chi connectivity index (χ3v) is 11.3. The summed E-state index contributed by atoms with van der Waals surface area (Å²) in [5.74, 6) is -0.658. The highest BCUT2D eigenvalue weighted by Crippen LogP contribution is 2.60. The molecule has 27 nitrogen and oxygen atoms in total. The Balaban J connectivity index is 0.000000427. The lowest BCUT2D eigenvalue weighted by molar-refractivity contribution is -0.286. The second-order valence-corrected chi connectivity index (χ2v) is 15.6. The summed E-state index contributed by atoms with van der Waals surface area (Å²) in [6.07, 6.45) is -11.9. The number of aliphatic hydroxyl groups is 9. The maximum atomic E-state index is 12.4. The third kappa shape index (κ3) is 9.76. The van der Waals surface area contributed by atoms with Crippen LogP contribution in [0.15, 0.2) is 36.7 Å². The Kier molecular flexibility index (Phi) is 14.0. The van der Waals surface area contributed by atoms with Crippen molar-refractivity contribution in [3.63, 3.8) is 0 Å². The second-order valence-electron chi connectivity index (χ2n) is 12.6. The minimum atomic E-state index is -5.37. The number of primary amides is 1. The first-order chi connectivity index (χ1) is 26.2. The number of hydrogen-bond acceptors (Lipinski definition) is 23. The highest BCUT2D eigenvalue weighted by atomic mass is 31.3. The maximum Gasteiger partial charge on any atom is 0.481 e. The number of fused-ring (bicyclic) bond motifs is 1. The maximum absolute atomic E-state index is 12.4. The topological polar surface area (TPSA) is 428 Å². The lowest BCUT2D eigenvalue weighted by Crippen LogP contribution is -2.58.